The summed E-state index contributed by atoms with van der Waals surface area (Å²) in [5.74, 6) is 0.574. The second-order valence-corrected chi connectivity index (χ2v) is 5.61. The van der Waals surface area contributed by atoms with Crippen molar-refractivity contribution in [1.29, 1.82) is 0 Å². The fourth-order valence-corrected chi connectivity index (χ4v) is 1.73. The predicted octanol–water partition coefficient (Wildman–Crippen LogP) is 0.0634. The molecule has 96 valence electrons. The third-order valence-electron chi connectivity index (χ3n) is 1.77. The fraction of sp³-hybridized carbons (Fsp3) is 0.500. The van der Waals surface area contributed by atoms with Crippen molar-refractivity contribution in [2.75, 3.05) is 30.4 Å². The number of anilines is 2. The SMILES string of the molecule is CS(=O)(=O)NCCCNc1nc(N)ncc1Cl. The topological polar surface area (TPSA) is 110 Å². The molecule has 0 aliphatic heterocycles. The van der Waals surface area contributed by atoms with Crippen LogP contribution in [0.1, 0.15) is 6.42 Å². The molecule has 0 spiro atoms. The molecular weight excluding hydrogens is 266 g/mol. The van der Waals surface area contributed by atoms with Gasteiger partial charge >= 0.3 is 0 Å². The van der Waals surface area contributed by atoms with E-state index in [4.69, 9.17) is 17.3 Å². The Morgan fingerprint density at radius 2 is 2.18 bits per heavy atom. The number of sulfonamides is 1. The number of nitrogen functional groups attached to an aromatic ring is 1. The van der Waals surface area contributed by atoms with E-state index in [1.165, 1.54) is 6.20 Å². The van der Waals surface area contributed by atoms with Crippen LogP contribution in [0.2, 0.25) is 5.02 Å². The monoisotopic (exact) mass is 279 g/mol. The molecule has 1 rings (SSSR count). The summed E-state index contributed by atoms with van der Waals surface area (Å²) >= 11 is 5.83. The molecule has 0 saturated heterocycles. The Hall–Kier alpha value is -1.12. The normalized spacial score (nSPS) is 11.4. The van der Waals surface area contributed by atoms with Gasteiger partial charge in [0, 0.05) is 13.1 Å². The van der Waals surface area contributed by atoms with E-state index in [-0.39, 0.29) is 5.95 Å². The molecule has 0 atom stereocenters. The van der Waals surface area contributed by atoms with Gasteiger partial charge in [0.2, 0.25) is 16.0 Å². The summed E-state index contributed by atoms with van der Waals surface area (Å²) in [6, 6.07) is 0. The second kappa shape index (κ2) is 5.99. The van der Waals surface area contributed by atoms with E-state index in [0.29, 0.717) is 30.4 Å². The highest BCUT2D eigenvalue weighted by molar-refractivity contribution is 7.88. The quantitative estimate of drug-likeness (QED) is 0.635. The molecule has 0 amide bonds. The Labute approximate surface area is 105 Å². The lowest BCUT2D eigenvalue weighted by molar-refractivity contribution is 0.586. The average Bonchev–Trinajstić information content (AvgIpc) is 2.21. The molecule has 7 nitrogen and oxygen atoms in total. The number of halogens is 1. The van der Waals surface area contributed by atoms with Gasteiger partial charge in [-0.25, -0.2) is 18.1 Å². The number of nitrogens with two attached hydrogens (primary N) is 1. The molecule has 1 aromatic heterocycles. The summed E-state index contributed by atoms with van der Waals surface area (Å²) < 4.78 is 23.9. The first-order valence-electron chi connectivity index (χ1n) is 4.85. The summed E-state index contributed by atoms with van der Waals surface area (Å²) in [5, 5.41) is 3.31. The van der Waals surface area contributed by atoms with Gasteiger partial charge in [0.1, 0.15) is 10.8 Å². The fourth-order valence-electron chi connectivity index (χ4n) is 1.06. The van der Waals surface area contributed by atoms with Crippen molar-refractivity contribution >= 4 is 33.4 Å². The molecule has 1 aromatic rings. The van der Waals surface area contributed by atoms with Crippen molar-refractivity contribution in [3.05, 3.63) is 11.2 Å². The molecule has 17 heavy (non-hydrogen) atoms. The van der Waals surface area contributed by atoms with E-state index in [2.05, 4.69) is 20.0 Å². The Kier molecular flexibility index (Phi) is 4.91. The molecule has 0 aliphatic carbocycles. The zero-order valence-corrected chi connectivity index (χ0v) is 10.8. The number of hydrogen-bond donors (Lipinski definition) is 3. The van der Waals surface area contributed by atoms with E-state index in [0.717, 1.165) is 6.26 Å². The summed E-state index contributed by atoms with van der Waals surface area (Å²) in [7, 11) is -3.13. The molecule has 1 heterocycles. The highest BCUT2D eigenvalue weighted by atomic mass is 35.5. The molecular formula is C8H14ClN5O2S. The van der Waals surface area contributed by atoms with Crippen molar-refractivity contribution in [2.24, 2.45) is 0 Å². The van der Waals surface area contributed by atoms with E-state index in [9.17, 15) is 8.42 Å². The van der Waals surface area contributed by atoms with Gasteiger partial charge in [0.25, 0.3) is 0 Å². The van der Waals surface area contributed by atoms with Crippen LogP contribution in [0.25, 0.3) is 0 Å². The summed E-state index contributed by atoms with van der Waals surface area (Å²) in [5.41, 5.74) is 5.40. The van der Waals surface area contributed by atoms with E-state index in [1.54, 1.807) is 0 Å². The van der Waals surface area contributed by atoms with Crippen LogP contribution in [0.4, 0.5) is 11.8 Å². The van der Waals surface area contributed by atoms with Crippen molar-refractivity contribution in [1.82, 2.24) is 14.7 Å². The van der Waals surface area contributed by atoms with Crippen LogP contribution >= 0.6 is 11.6 Å². The van der Waals surface area contributed by atoms with Gasteiger partial charge in [-0.05, 0) is 6.42 Å². The van der Waals surface area contributed by atoms with E-state index < -0.39 is 10.0 Å². The van der Waals surface area contributed by atoms with Crippen molar-refractivity contribution in [3.63, 3.8) is 0 Å². The molecule has 0 fully saturated rings. The maximum atomic E-state index is 10.8. The first-order valence-corrected chi connectivity index (χ1v) is 7.12. The number of rotatable bonds is 6. The molecule has 9 heteroatoms. The van der Waals surface area contributed by atoms with Crippen LogP contribution in [0.5, 0.6) is 0 Å². The smallest absolute Gasteiger partial charge is 0.222 e. The summed E-state index contributed by atoms with van der Waals surface area (Å²) in [6.07, 6.45) is 3.12. The van der Waals surface area contributed by atoms with Gasteiger partial charge in [-0.2, -0.15) is 4.98 Å². The third kappa shape index (κ3) is 5.66. The Balaban J connectivity index is 2.34. The Morgan fingerprint density at radius 1 is 1.47 bits per heavy atom. The molecule has 0 aliphatic rings. The first-order chi connectivity index (χ1) is 7.88. The molecule has 0 radical (unpaired) electrons. The van der Waals surface area contributed by atoms with Crippen LogP contribution in [-0.4, -0.2) is 37.7 Å². The number of nitrogens with zero attached hydrogens (tertiary/aromatic N) is 2. The predicted molar refractivity (Wildman–Crippen MR) is 67.4 cm³/mol. The molecule has 0 saturated carbocycles. The van der Waals surface area contributed by atoms with Crippen LogP contribution < -0.4 is 15.8 Å². The Bertz CT molecular complexity index is 479. The summed E-state index contributed by atoms with van der Waals surface area (Å²) in [4.78, 5) is 7.62. The van der Waals surface area contributed by atoms with Gasteiger partial charge in [-0.15, -0.1) is 0 Å². The van der Waals surface area contributed by atoms with Gasteiger partial charge in [0.15, 0.2) is 0 Å². The van der Waals surface area contributed by atoms with Crippen LogP contribution in [0.15, 0.2) is 6.20 Å². The van der Waals surface area contributed by atoms with Crippen LogP contribution in [-0.2, 0) is 10.0 Å². The van der Waals surface area contributed by atoms with E-state index in [1.807, 2.05) is 0 Å². The molecule has 0 bridgehead atoms. The highest BCUT2D eigenvalue weighted by Gasteiger charge is 2.03. The third-order valence-corrected chi connectivity index (χ3v) is 2.78. The average molecular weight is 280 g/mol. The van der Waals surface area contributed by atoms with Gasteiger partial charge in [-0.1, -0.05) is 11.6 Å². The van der Waals surface area contributed by atoms with Gasteiger partial charge in [0.05, 0.1) is 12.5 Å². The van der Waals surface area contributed by atoms with Crippen molar-refractivity contribution in [2.45, 2.75) is 6.42 Å². The van der Waals surface area contributed by atoms with Crippen LogP contribution in [0, 0.1) is 0 Å². The lowest BCUT2D eigenvalue weighted by atomic mass is 10.4. The molecule has 4 N–H and O–H groups in total. The lowest BCUT2D eigenvalue weighted by Crippen LogP contribution is -2.24. The molecule has 0 aromatic carbocycles. The highest BCUT2D eigenvalue weighted by Crippen LogP contribution is 2.17. The maximum Gasteiger partial charge on any atom is 0.222 e. The van der Waals surface area contributed by atoms with Crippen LogP contribution in [0.3, 0.4) is 0 Å². The summed E-state index contributed by atoms with van der Waals surface area (Å²) in [6.45, 7) is 0.878. The zero-order valence-electron chi connectivity index (χ0n) is 9.27. The van der Waals surface area contributed by atoms with E-state index >= 15 is 0 Å². The maximum absolute atomic E-state index is 10.8. The van der Waals surface area contributed by atoms with Gasteiger partial charge < -0.3 is 11.1 Å². The largest absolute Gasteiger partial charge is 0.369 e. The van der Waals surface area contributed by atoms with Gasteiger partial charge in [-0.3, -0.25) is 0 Å². The van der Waals surface area contributed by atoms with Crippen molar-refractivity contribution < 1.29 is 8.42 Å². The minimum absolute atomic E-state index is 0.131. The Morgan fingerprint density at radius 3 is 2.82 bits per heavy atom. The minimum Gasteiger partial charge on any atom is -0.369 e. The number of hydrogen-bond acceptors (Lipinski definition) is 6. The second-order valence-electron chi connectivity index (χ2n) is 3.37. The lowest BCUT2D eigenvalue weighted by Gasteiger charge is -2.07. The molecule has 0 unspecified atom stereocenters. The standard InChI is InChI=1S/C8H14ClN5O2S/c1-17(15,16)13-4-2-3-11-7-6(9)5-12-8(10)14-7/h5,13H,2-4H2,1H3,(H3,10,11,12,14). The number of nitrogens with one attached hydrogen (secondary N) is 2. The zero-order chi connectivity index (χ0) is 12.9. The number of aromatic nitrogens is 2. The minimum atomic E-state index is -3.13. The first kappa shape index (κ1) is 13.9. The van der Waals surface area contributed by atoms with Crippen molar-refractivity contribution in [3.8, 4) is 0 Å².